The van der Waals surface area contributed by atoms with Crippen molar-refractivity contribution in [2.75, 3.05) is 11.9 Å². The SMILES string of the molecule is CCCn1ccc2cc(NC(=O)CCCCCCN)ccc21.Cl.Cl. The first-order chi connectivity index (χ1) is 10.7. The molecule has 0 aliphatic carbocycles. The quantitative estimate of drug-likeness (QED) is 0.623. The largest absolute Gasteiger partial charge is 0.347 e. The predicted molar refractivity (Wildman–Crippen MR) is 107 cm³/mol. The van der Waals surface area contributed by atoms with Gasteiger partial charge in [-0.25, -0.2) is 0 Å². The molecule has 3 N–H and O–H groups in total. The summed E-state index contributed by atoms with van der Waals surface area (Å²) in [6.45, 7) is 3.94. The first-order valence-corrected chi connectivity index (χ1v) is 8.33. The van der Waals surface area contributed by atoms with Gasteiger partial charge >= 0.3 is 0 Å². The number of aromatic nitrogens is 1. The molecule has 1 aromatic carbocycles. The van der Waals surface area contributed by atoms with Crippen molar-refractivity contribution >= 4 is 47.3 Å². The van der Waals surface area contributed by atoms with E-state index in [1.165, 1.54) is 10.9 Å². The highest BCUT2D eigenvalue weighted by molar-refractivity contribution is 5.93. The second-order valence-corrected chi connectivity index (χ2v) is 5.78. The molecule has 1 amide bonds. The van der Waals surface area contributed by atoms with Crippen LogP contribution in [-0.2, 0) is 11.3 Å². The molecule has 4 nitrogen and oxygen atoms in total. The topological polar surface area (TPSA) is 60.0 Å². The number of halogens is 2. The van der Waals surface area contributed by atoms with Gasteiger partial charge in [0.15, 0.2) is 0 Å². The molecule has 136 valence electrons. The Bertz CT molecular complexity index is 613. The zero-order valence-electron chi connectivity index (χ0n) is 14.3. The monoisotopic (exact) mass is 373 g/mol. The Balaban J connectivity index is 0.00000264. The highest BCUT2D eigenvalue weighted by Gasteiger charge is 2.05. The van der Waals surface area contributed by atoms with E-state index >= 15 is 0 Å². The minimum Gasteiger partial charge on any atom is -0.347 e. The molecule has 24 heavy (non-hydrogen) atoms. The van der Waals surface area contributed by atoms with Gasteiger partial charge in [-0.05, 0) is 50.1 Å². The number of carbonyl (C=O) groups is 1. The highest BCUT2D eigenvalue weighted by Crippen LogP contribution is 2.21. The highest BCUT2D eigenvalue weighted by atomic mass is 35.5. The van der Waals surface area contributed by atoms with Crippen LogP contribution >= 0.6 is 24.8 Å². The lowest BCUT2D eigenvalue weighted by Gasteiger charge is -2.07. The fraction of sp³-hybridized carbons (Fsp3) is 0.500. The summed E-state index contributed by atoms with van der Waals surface area (Å²) in [6, 6.07) is 8.23. The van der Waals surface area contributed by atoms with Crippen molar-refractivity contribution < 1.29 is 4.79 Å². The molecule has 0 saturated carbocycles. The molecule has 0 bridgehead atoms. The van der Waals surface area contributed by atoms with E-state index < -0.39 is 0 Å². The molecule has 2 rings (SSSR count). The standard InChI is InChI=1S/C18H27N3O.2ClH/c1-2-12-21-13-10-15-14-16(8-9-17(15)21)20-18(22)7-5-3-4-6-11-19;;/h8-10,13-14H,2-7,11-12,19H2,1H3,(H,20,22);2*1H. The molecule has 0 aliphatic heterocycles. The first kappa shape index (κ1) is 22.8. The lowest BCUT2D eigenvalue weighted by molar-refractivity contribution is -0.116. The number of nitrogens with two attached hydrogens (primary N) is 1. The molecule has 1 aromatic heterocycles. The third-order valence-corrected chi connectivity index (χ3v) is 3.88. The van der Waals surface area contributed by atoms with Crippen LogP contribution in [0.3, 0.4) is 0 Å². The van der Waals surface area contributed by atoms with Gasteiger partial charge in [-0.3, -0.25) is 4.79 Å². The van der Waals surface area contributed by atoms with Crippen LogP contribution in [0.25, 0.3) is 10.9 Å². The number of amides is 1. The van der Waals surface area contributed by atoms with Gasteiger partial charge in [0.2, 0.25) is 5.91 Å². The zero-order valence-corrected chi connectivity index (χ0v) is 15.9. The normalized spacial score (nSPS) is 10.1. The van der Waals surface area contributed by atoms with Gasteiger partial charge in [0.1, 0.15) is 0 Å². The maximum atomic E-state index is 11.9. The Morgan fingerprint density at radius 3 is 2.58 bits per heavy atom. The lowest BCUT2D eigenvalue weighted by atomic mass is 10.1. The number of carbonyl (C=O) groups excluding carboxylic acids is 1. The Hall–Kier alpha value is -1.23. The van der Waals surface area contributed by atoms with Crippen molar-refractivity contribution in [2.24, 2.45) is 5.73 Å². The third-order valence-electron chi connectivity index (χ3n) is 3.88. The summed E-state index contributed by atoms with van der Waals surface area (Å²) in [4.78, 5) is 11.9. The van der Waals surface area contributed by atoms with Crippen molar-refractivity contribution in [1.82, 2.24) is 4.57 Å². The fourth-order valence-corrected chi connectivity index (χ4v) is 2.72. The lowest BCUT2D eigenvalue weighted by Crippen LogP contribution is -2.11. The minimum absolute atomic E-state index is 0. The maximum absolute atomic E-state index is 11.9. The summed E-state index contributed by atoms with van der Waals surface area (Å²) in [5.41, 5.74) is 7.56. The third kappa shape index (κ3) is 6.71. The van der Waals surface area contributed by atoms with Crippen molar-refractivity contribution in [3.8, 4) is 0 Å². The van der Waals surface area contributed by atoms with Crippen LogP contribution in [0.15, 0.2) is 30.5 Å². The van der Waals surface area contributed by atoms with E-state index in [0.717, 1.165) is 50.9 Å². The Morgan fingerprint density at radius 2 is 1.88 bits per heavy atom. The van der Waals surface area contributed by atoms with Crippen LogP contribution in [-0.4, -0.2) is 17.0 Å². The molecule has 0 atom stereocenters. The number of nitrogens with one attached hydrogen (secondary N) is 1. The smallest absolute Gasteiger partial charge is 0.224 e. The molecule has 2 aromatic rings. The number of aryl methyl sites for hydroxylation is 1. The van der Waals surface area contributed by atoms with Crippen LogP contribution in [0.4, 0.5) is 5.69 Å². The summed E-state index contributed by atoms with van der Waals surface area (Å²) in [7, 11) is 0. The maximum Gasteiger partial charge on any atom is 0.224 e. The molecule has 0 fully saturated rings. The summed E-state index contributed by atoms with van der Waals surface area (Å²) in [5, 5.41) is 4.17. The number of hydrogen-bond acceptors (Lipinski definition) is 2. The zero-order chi connectivity index (χ0) is 15.8. The summed E-state index contributed by atoms with van der Waals surface area (Å²) in [6.07, 6.45) is 7.97. The number of rotatable bonds is 9. The van der Waals surface area contributed by atoms with Crippen molar-refractivity contribution in [2.45, 2.75) is 52.0 Å². The van der Waals surface area contributed by atoms with Gasteiger partial charge < -0.3 is 15.6 Å². The van der Waals surface area contributed by atoms with E-state index in [4.69, 9.17) is 5.73 Å². The van der Waals surface area contributed by atoms with E-state index in [2.05, 4.69) is 35.1 Å². The molecule has 6 heteroatoms. The number of unbranched alkanes of at least 4 members (excludes halogenated alkanes) is 3. The van der Waals surface area contributed by atoms with Gasteiger partial charge in [0.25, 0.3) is 0 Å². The van der Waals surface area contributed by atoms with Gasteiger partial charge in [-0.1, -0.05) is 19.8 Å². The second kappa shape index (κ2) is 12.2. The number of hydrogen-bond donors (Lipinski definition) is 2. The second-order valence-electron chi connectivity index (χ2n) is 5.78. The van der Waals surface area contributed by atoms with Gasteiger partial charge in [-0.2, -0.15) is 0 Å². The first-order valence-electron chi connectivity index (χ1n) is 8.33. The molecule has 0 unspecified atom stereocenters. The fourth-order valence-electron chi connectivity index (χ4n) is 2.72. The van der Waals surface area contributed by atoms with Crippen LogP contribution in [0.5, 0.6) is 0 Å². The van der Waals surface area contributed by atoms with Gasteiger partial charge in [-0.15, -0.1) is 24.8 Å². The summed E-state index contributed by atoms with van der Waals surface area (Å²) < 4.78 is 2.25. The van der Waals surface area contributed by atoms with Crippen LogP contribution in [0.1, 0.15) is 45.4 Å². The molecular formula is C18H29Cl2N3O. The molecule has 1 heterocycles. The van der Waals surface area contributed by atoms with E-state index in [0.29, 0.717) is 6.42 Å². The van der Waals surface area contributed by atoms with Gasteiger partial charge in [0, 0.05) is 35.8 Å². The number of benzene rings is 1. The van der Waals surface area contributed by atoms with Crippen molar-refractivity contribution in [1.29, 1.82) is 0 Å². The number of nitrogens with zero attached hydrogens (tertiary/aromatic N) is 1. The van der Waals surface area contributed by atoms with Gasteiger partial charge in [0.05, 0.1) is 0 Å². The van der Waals surface area contributed by atoms with E-state index in [9.17, 15) is 4.79 Å². The van der Waals surface area contributed by atoms with Crippen molar-refractivity contribution in [3.63, 3.8) is 0 Å². The van der Waals surface area contributed by atoms with Crippen LogP contribution < -0.4 is 11.1 Å². The number of fused-ring (bicyclic) bond motifs is 1. The van der Waals surface area contributed by atoms with Crippen LogP contribution in [0.2, 0.25) is 0 Å². The molecule has 0 spiro atoms. The van der Waals surface area contributed by atoms with E-state index in [1.54, 1.807) is 0 Å². The molecule has 0 aliphatic rings. The van der Waals surface area contributed by atoms with Crippen molar-refractivity contribution in [3.05, 3.63) is 30.5 Å². The molecule has 0 saturated heterocycles. The average molecular weight is 374 g/mol. The Kier molecular flexibility index (Phi) is 11.6. The molecular weight excluding hydrogens is 345 g/mol. The minimum atomic E-state index is 0. The number of anilines is 1. The average Bonchev–Trinajstić information content (AvgIpc) is 2.90. The Morgan fingerprint density at radius 1 is 1.12 bits per heavy atom. The van der Waals surface area contributed by atoms with E-state index in [1.807, 2.05) is 12.1 Å². The van der Waals surface area contributed by atoms with Crippen LogP contribution in [0, 0.1) is 0 Å². The predicted octanol–water partition coefficient (Wildman–Crippen LogP) is 4.74. The Labute approximate surface area is 157 Å². The summed E-state index contributed by atoms with van der Waals surface area (Å²) in [5.74, 6) is 0.0973. The molecule has 0 radical (unpaired) electrons. The summed E-state index contributed by atoms with van der Waals surface area (Å²) >= 11 is 0. The van der Waals surface area contributed by atoms with E-state index in [-0.39, 0.29) is 30.7 Å².